The van der Waals surface area contributed by atoms with Gasteiger partial charge in [-0.15, -0.1) is 0 Å². The summed E-state index contributed by atoms with van der Waals surface area (Å²) in [6, 6.07) is 12.2. The molecule has 0 saturated heterocycles. The van der Waals surface area contributed by atoms with Gasteiger partial charge in [-0.3, -0.25) is 4.79 Å². The molecule has 1 aliphatic heterocycles. The van der Waals surface area contributed by atoms with Gasteiger partial charge in [-0.25, -0.2) is 0 Å². The van der Waals surface area contributed by atoms with Gasteiger partial charge in [-0.2, -0.15) is 0 Å². The van der Waals surface area contributed by atoms with E-state index in [1.165, 1.54) is 6.42 Å². The lowest BCUT2D eigenvalue weighted by Gasteiger charge is -2.28. The number of hydrogen-bond acceptors (Lipinski definition) is 3. The zero-order valence-electron chi connectivity index (χ0n) is 12.0. The predicted molar refractivity (Wildman–Crippen MR) is 84.7 cm³/mol. The van der Waals surface area contributed by atoms with Crippen LogP contribution in [-0.4, -0.2) is 11.4 Å². The first-order valence-corrected chi connectivity index (χ1v) is 7.69. The SMILES string of the molecule is O=c1cc2c(cc3c4ccccc4n(C4CCC4)c13)OCO2. The molecule has 5 rings (SSSR count). The summed E-state index contributed by atoms with van der Waals surface area (Å²) in [5.41, 5.74) is 1.91. The molecule has 4 nitrogen and oxygen atoms in total. The molecule has 2 aliphatic rings. The Balaban J connectivity index is 2.01. The van der Waals surface area contributed by atoms with Gasteiger partial charge in [-0.05, 0) is 31.4 Å². The van der Waals surface area contributed by atoms with E-state index in [9.17, 15) is 4.79 Å². The zero-order valence-corrected chi connectivity index (χ0v) is 12.0. The van der Waals surface area contributed by atoms with Crippen molar-refractivity contribution in [3.05, 3.63) is 46.6 Å². The fraction of sp³-hybridized carbons (Fsp3) is 0.278. The third-order valence-corrected chi connectivity index (χ3v) is 4.83. The van der Waals surface area contributed by atoms with E-state index in [4.69, 9.17) is 9.47 Å². The molecule has 1 aliphatic carbocycles. The predicted octanol–water partition coefficient (Wildman–Crippen LogP) is 3.61. The number of hydrogen-bond donors (Lipinski definition) is 0. The van der Waals surface area contributed by atoms with E-state index in [1.807, 2.05) is 18.2 Å². The molecule has 4 heteroatoms. The van der Waals surface area contributed by atoms with Crippen molar-refractivity contribution in [1.82, 2.24) is 4.57 Å². The molecular formula is C18H15NO3. The lowest BCUT2D eigenvalue weighted by molar-refractivity contribution is 0.173. The number of nitrogens with zero attached hydrogens (tertiary/aromatic N) is 1. The molecule has 2 heterocycles. The first-order chi connectivity index (χ1) is 10.8. The summed E-state index contributed by atoms with van der Waals surface area (Å²) in [4.78, 5) is 12.8. The van der Waals surface area contributed by atoms with Gasteiger partial charge in [0.05, 0.1) is 5.52 Å². The van der Waals surface area contributed by atoms with Crippen LogP contribution >= 0.6 is 0 Å². The third-order valence-electron chi connectivity index (χ3n) is 4.83. The zero-order chi connectivity index (χ0) is 14.7. The minimum Gasteiger partial charge on any atom is -0.454 e. The number of fused-ring (bicyclic) bond motifs is 4. The monoisotopic (exact) mass is 293 g/mol. The van der Waals surface area contributed by atoms with Gasteiger partial charge in [0.15, 0.2) is 11.5 Å². The highest BCUT2D eigenvalue weighted by Gasteiger charge is 2.26. The summed E-state index contributed by atoms with van der Waals surface area (Å²) in [6.45, 7) is 0.182. The average molecular weight is 293 g/mol. The number of rotatable bonds is 1. The normalized spacial score (nSPS) is 17.1. The van der Waals surface area contributed by atoms with E-state index in [1.54, 1.807) is 6.07 Å². The van der Waals surface area contributed by atoms with Crippen LogP contribution in [-0.2, 0) is 0 Å². The van der Waals surface area contributed by atoms with Crippen LogP contribution in [0.5, 0.6) is 11.5 Å². The first-order valence-electron chi connectivity index (χ1n) is 7.69. The van der Waals surface area contributed by atoms with E-state index < -0.39 is 0 Å². The summed E-state index contributed by atoms with van der Waals surface area (Å²) < 4.78 is 13.1. The lowest BCUT2D eigenvalue weighted by Crippen LogP contribution is -2.19. The lowest BCUT2D eigenvalue weighted by atomic mass is 9.92. The van der Waals surface area contributed by atoms with E-state index in [2.05, 4.69) is 16.7 Å². The summed E-state index contributed by atoms with van der Waals surface area (Å²) in [5.74, 6) is 1.20. The van der Waals surface area contributed by atoms with Crippen LogP contribution in [0.15, 0.2) is 41.2 Å². The van der Waals surface area contributed by atoms with Gasteiger partial charge >= 0.3 is 0 Å². The quantitative estimate of drug-likeness (QED) is 0.688. The minimum atomic E-state index is 0.00449. The highest BCUT2D eigenvalue weighted by atomic mass is 16.7. The van der Waals surface area contributed by atoms with Crippen LogP contribution in [0.2, 0.25) is 0 Å². The summed E-state index contributed by atoms with van der Waals surface area (Å²) in [6.07, 6.45) is 3.51. The molecule has 3 aromatic rings. The Hall–Kier alpha value is -2.49. The maximum atomic E-state index is 12.8. The molecule has 110 valence electrons. The Bertz CT molecular complexity index is 969. The number of benzene rings is 1. The maximum absolute atomic E-state index is 12.8. The molecule has 0 amide bonds. The van der Waals surface area contributed by atoms with Gasteiger partial charge in [-0.1, -0.05) is 18.2 Å². The van der Waals surface area contributed by atoms with Gasteiger partial charge in [0, 0.05) is 28.4 Å². The molecule has 0 bridgehead atoms. The van der Waals surface area contributed by atoms with E-state index in [0.29, 0.717) is 17.5 Å². The molecule has 0 unspecified atom stereocenters. The fourth-order valence-electron chi connectivity index (χ4n) is 3.55. The Morgan fingerprint density at radius 1 is 1.00 bits per heavy atom. The van der Waals surface area contributed by atoms with E-state index in [-0.39, 0.29) is 12.2 Å². The van der Waals surface area contributed by atoms with Crippen molar-refractivity contribution < 1.29 is 9.47 Å². The second kappa shape index (κ2) is 4.26. The smallest absolute Gasteiger partial charge is 0.231 e. The van der Waals surface area contributed by atoms with Gasteiger partial charge in [0.25, 0.3) is 0 Å². The third kappa shape index (κ3) is 1.49. The van der Waals surface area contributed by atoms with Crippen molar-refractivity contribution in [2.24, 2.45) is 0 Å². The molecule has 2 aromatic carbocycles. The Kier molecular flexibility index (Phi) is 2.34. The van der Waals surface area contributed by atoms with Crippen LogP contribution < -0.4 is 14.9 Å². The highest BCUT2D eigenvalue weighted by Crippen LogP contribution is 2.41. The molecule has 1 saturated carbocycles. The largest absolute Gasteiger partial charge is 0.454 e. The summed E-state index contributed by atoms with van der Waals surface area (Å²) in [5, 5.41) is 2.06. The van der Waals surface area contributed by atoms with Gasteiger partial charge in [0.1, 0.15) is 0 Å². The van der Waals surface area contributed by atoms with Gasteiger partial charge in [0.2, 0.25) is 12.2 Å². The average Bonchev–Trinajstić information content (AvgIpc) is 2.99. The van der Waals surface area contributed by atoms with Crippen LogP contribution in [0, 0.1) is 0 Å². The minimum absolute atomic E-state index is 0.00449. The van der Waals surface area contributed by atoms with Crippen molar-refractivity contribution in [3.63, 3.8) is 0 Å². The fourth-order valence-corrected chi connectivity index (χ4v) is 3.55. The molecule has 0 N–H and O–H groups in total. The van der Waals surface area contributed by atoms with Crippen molar-refractivity contribution in [1.29, 1.82) is 0 Å². The summed E-state index contributed by atoms with van der Waals surface area (Å²) >= 11 is 0. The summed E-state index contributed by atoms with van der Waals surface area (Å²) in [7, 11) is 0. The van der Waals surface area contributed by atoms with Crippen LogP contribution in [0.4, 0.5) is 0 Å². The van der Waals surface area contributed by atoms with Crippen LogP contribution in [0.3, 0.4) is 0 Å². The Labute approximate surface area is 126 Å². The van der Waals surface area contributed by atoms with Crippen molar-refractivity contribution >= 4 is 21.8 Å². The molecular weight excluding hydrogens is 278 g/mol. The maximum Gasteiger partial charge on any atom is 0.231 e. The standard InChI is InChI=1S/C18H15NO3/c20-15-9-17-16(21-10-22-17)8-13-12-6-1-2-7-14(12)19(18(13)15)11-4-3-5-11/h1-2,6-9,11H,3-5,10H2. The Morgan fingerprint density at radius 3 is 2.55 bits per heavy atom. The Morgan fingerprint density at radius 2 is 1.77 bits per heavy atom. The van der Waals surface area contributed by atoms with Crippen LogP contribution in [0.25, 0.3) is 21.8 Å². The second-order valence-electron chi connectivity index (χ2n) is 6.02. The van der Waals surface area contributed by atoms with Crippen molar-refractivity contribution in [3.8, 4) is 11.5 Å². The number of ether oxygens (including phenoxy) is 2. The molecule has 1 aromatic heterocycles. The second-order valence-corrected chi connectivity index (χ2v) is 6.02. The van der Waals surface area contributed by atoms with Crippen molar-refractivity contribution in [2.45, 2.75) is 25.3 Å². The highest BCUT2D eigenvalue weighted by molar-refractivity contribution is 6.08. The topological polar surface area (TPSA) is 40.5 Å². The van der Waals surface area contributed by atoms with Crippen LogP contribution in [0.1, 0.15) is 25.3 Å². The molecule has 1 fully saturated rings. The number of para-hydroxylation sites is 1. The molecule has 22 heavy (non-hydrogen) atoms. The molecule has 0 spiro atoms. The first kappa shape index (κ1) is 12.1. The van der Waals surface area contributed by atoms with E-state index in [0.717, 1.165) is 34.6 Å². The van der Waals surface area contributed by atoms with E-state index >= 15 is 0 Å². The molecule has 0 radical (unpaired) electrons. The van der Waals surface area contributed by atoms with Crippen molar-refractivity contribution in [2.75, 3.05) is 6.79 Å². The van der Waals surface area contributed by atoms with Gasteiger partial charge < -0.3 is 14.0 Å². The number of aromatic nitrogens is 1. The molecule has 0 atom stereocenters.